The van der Waals surface area contributed by atoms with E-state index in [1.165, 1.54) is 25.7 Å². The first-order valence-electron chi connectivity index (χ1n) is 13.8. The summed E-state index contributed by atoms with van der Waals surface area (Å²) in [7, 11) is 1.64. The summed E-state index contributed by atoms with van der Waals surface area (Å²) >= 11 is 0. The molecule has 4 aliphatic carbocycles. The van der Waals surface area contributed by atoms with E-state index in [-0.39, 0.29) is 17.9 Å². The Morgan fingerprint density at radius 3 is 2.63 bits per heavy atom. The van der Waals surface area contributed by atoms with Crippen molar-refractivity contribution >= 4 is 16.8 Å². The SMILES string of the molecule is COc1cccc2nn(CC(=O)[C@H]3CC[C@H]4[C@@H]5CC[C@@H]6C[C@](C)(O)CC[C@]6(C)[C@H]5CC[C@]34C)nc12. The Labute approximate surface area is 208 Å². The lowest BCUT2D eigenvalue weighted by atomic mass is 9.44. The first kappa shape index (κ1) is 23.4. The molecule has 0 amide bonds. The van der Waals surface area contributed by atoms with Crippen LogP contribution < -0.4 is 4.74 Å². The zero-order valence-corrected chi connectivity index (χ0v) is 21.8. The number of carbonyl (C=O) groups is 1. The van der Waals surface area contributed by atoms with Crippen molar-refractivity contribution in [3.63, 3.8) is 0 Å². The van der Waals surface area contributed by atoms with Crippen molar-refractivity contribution in [1.29, 1.82) is 0 Å². The van der Waals surface area contributed by atoms with Gasteiger partial charge in [0.25, 0.3) is 0 Å². The first-order valence-corrected chi connectivity index (χ1v) is 13.8. The van der Waals surface area contributed by atoms with Gasteiger partial charge in [0.2, 0.25) is 0 Å². The quantitative estimate of drug-likeness (QED) is 0.634. The summed E-state index contributed by atoms with van der Waals surface area (Å²) in [5, 5.41) is 19.9. The molecule has 6 rings (SSSR count). The Hall–Kier alpha value is -1.95. The summed E-state index contributed by atoms with van der Waals surface area (Å²) in [5.74, 6) is 3.84. The van der Waals surface area contributed by atoms with E-state index in [0.29, 0.717) is 28.8 Å². The normalized spacial score (nSPS) is 42.8. The number of rotatable bonds is 4. The molecule has 0 saturated heterocycles. The molecule has 1 N–H and O–H groups in total. The average Bonchev–Trinajstić information content (AvgIpc) is 3.39. The Balaban J connectivity index is 1.20. The summed E-state index contributed by atoms with van der Waals surface area (Å²) in [6, 6.07) is 5.71. The van der Waals surface area contributed by atoms with Crippen LogP contribution in [0.5, 0.6) is 5.75 Å². The van der Waals surface area contributed by atoms with Crippen molar-refractivity contribution < 1.29 is 14.6 Å². The fourth-order valence-corrected chi connectivity index (χ4v) is 9.40. The molecule has 4 fully saturated rings. The van der Waals surface area contributed by atoms with Gasteiger partial charge in [0, 0.05) is 5.92 Å². The van der Waals surface area contributed by atoms with Gasteiger partial charge < -0.3 is 9.84 Å². The molecule has 0 spiro atoms. The van der Waals surface area contributed by atoms with Crippen LogP contribution in [-0.4, -0.2) is 38.6 Å². The molecule has 0 bridgehead atoms. The van der Waals surface area contributed by atoms with Gasteiger partial charge in [0.1, 0.15) is 17.8 Å². The Bertz CT molecular complexity index is 1140. The molecule has 2 aromatic rings. The van der Waals surface area contributed by atoms with E-state index in [9.17, 15) is 9.90 Å². The van der Waals surface area contributed by atoms with Crippen molar-refractivity contribution in [2.45, 2.75) is 90.7 Å². The van der Waals surface area contributed by atoms with Gasteiger partial charge in [-0.05, 0) is 111 Å². The van der Waals surface area contributed by atoms with Crippen LogP contribution in [0.4, 0.5) is 0 Å². The van der Waals surface area contributed by atoms with Crippen LogP contribution in [0.2, 0.25) is 0 Å². The molecule has 1 aromatic heterocycles. The predicted molar refractivity (Wildman–Crippen MR) is 135 cm³/mol. The lowest BCUT2D eigenvalue weighted by molar-refractivity contribution is -0.151. The molecule has 0 unspecified atom stereocenters. The molecule has 35 heavy (non-hydrogen) atoms. The zero-order valence-electron chi connectivity index (χ0n) is 21.8. The predicted octanol–water partition coefficient (Wildman–Crippen LogP) is 5.42. The minimum absolute atomic E-state index is 0.0892. The minimum Gasteiger partial charge on any atom is -0.494 e. The molecule has 4 aliphatic rings. The lowest BCUT2D eigenvalue weighted by Crippen LogP contribution is -2.55. The van der Waals surface area contributed by atoms with E-state index < -0.39 is 5.60 Å². The van der Waals surface area contributed by atoms with Crippen molar-refractivity contribution in [2.75, 3.05) is 7.11 Å². The van der Waals surface area contributed by atoms with E-state index >= 15 is 0 Å². The number of Topliss-reactive ketones (excluding diaryl/α,β-unsaturated/α-hetero) is 1. The van der Waals surface area contributed by atoms with Gasteiger partial charge in [0.15, 0.2) is 11.3 Å². The number of aliphatic hydroxyl groups is 1. The van der Waals surface area contributed by atoms with Gasteiger partial charge in [0.05, 0.1) is 12.7 Å². The zero-order chi connectivity index (χ0) is 24.6. The standard InChI is InChI=1S/C29H41N3O3/c1-27(34)14-15-28(2)18(16-27)8-9-19-20-10-11-22(29(20,3)13-12-21(19)28)24(33)17-32-30-23-6-5-7-25(35-4)26(23)31-32/h5-7,18-22,34H,8-17H2,1-4H3/t18-,19+,20+,21+,22-,27-,28+,29+/m1/s1. The van der Waals surface area contributed by atoms with E-state index in [4.69, 9.17) is 4.74 Å². The number of methoxy groups -OCH3 is 1. The van der Waals surface area contributed by atoms with E-state index in [0.717, 1.165) is 55.0 Å². The number of carbonyl (C=O) groups excluding carboxylic acids is 1. The van der Waals surface area contributed by atoms with Crippen LogP contribution in [-0.2, 0) is 11.3 Å². The second-order valence-electron chi connectivity index (χ2n) is 13.1. The van der Waals surface area contributed by atoms with Crippen molar-refractivity contribution in [3.05, 3.63) is 18.2 Å². The molecule has 190 valence electrons. The monoisotopic (exact) mass is 479 g/mol. The molecule has 0 radical (unpaired) electrons. The topological polar surface area (TPSA) is 77.2 Å². The number of hydrogen-bond donors (Lipinski definition) is 1. The fraction of sp³-hybridized carbons (Fsp3) is 0.759. The second-order valence-corrected chi connectivity index (χ2v) is 13.1. The van der Waals surface area contributed by atoms with Crippen LogP contribution in [0.1, 0.15) is 78.6 Å². The van der Waals surface area contributed by atoms with Gasteiger partial charge in [-0.3, -0.25) is 4.79 Å². The van der Waals surface area contributed by atoms with E-state index in [1.54, 1.807) is 11.9 Å². The molecule has 1 heterocycles. The summed E-state index contributed by atoms with van der Waals surface area (Å²) in [5.41, 5.74) is 1.44. The van der Waals surface area contributed by atoms with E-state index in [2.05, 4.69) is 24.0 Å². The third-order valence-corrected chi connectivity index (χ3v) is 11.3. The van der Waals surface area contributed by atoms with Crippen molar-refractivity contribution in [3.8, 4) is 5.75 Å². The molecule has 8 atom stereocenters. The Morgan fingerprint density at radius 1 is 1.03 bits per heavy atom. The summed E-state index contributed by atoms with van der Waals surface area (Å²) in [6.45, 7) is 7.23. The number of fused-ring (bicyclic) bond motifs is 6. The highest BCUT2D eigenvalue weighted by Gasteiger charge is 2.61. The summed E-state index contributed by atoms with van der Waals surface area (Å²) in [6.07, 6.45) is 10.1. The number of nitrogens with zero attached hydrogens (tertiary/aromatic N) is 3. The number of benzene rings is 1. The van der Waals surface area contributed by atoms with Crippen molar-refractivity contribution in [2.24, 2.45) is 40.4 Å². The maximum absolute atomic E-state index is 13.7. The van der Waals surface area contributed by atoms with Crippen LogP contribution in [0.15, 0.2) is 18.2 Å². The molecular formula is C29H41N3O3. The number of ether oxygens (including phenoxy) is 1. The fourth-order valence-electron chi connectivity index (χ4n) is 9.40. The largest absolute Gasteiger partial charge is 0.494 e. The maximum atomic E-state index is 13.7. The second kappa shape index (κ2) is 8.03. The summed E-state index contributed by atoms with van der Waals surface area (Å²) < 4.78 is 5.43. The molecule has 4 saturated carbocycles. The molecule has 1 aromatic carbocycles. The van der Waals surface area contributed by atoms with Crippen LogP contribution >= 0.6 is 0 Å². The molecule has 0 aliphatic heterocycles. The maximum Gasteiger partial charge on any atom is 0.159 e. The number of hydrogen-bond acceptors (Lipinski definition) is 5. The molecule has 6 heteroatoms. The Morgan fingerprint density at radius 2 is 1.83 bits per heavy atom. The van der Waals surface area contributed by atoms with Gasteiger partial charge in [-0.1, -0.05) is 19.9 Å². The van der Waals surface area contributed by atoms with Gasteiger partial charge in [-0.25, -0.2) is 0 Å². The van der Waals surface area contributed by atoms with E-state index in [1.807, 2.05) is 25.1 Å². The highest BCUT2D eigenvalue weighted by molar-refractivity contribution is 5.83. The number of ketones is 1. The van der Waals surface area contributed by atoms with Crippen LogP contribution in [0, 0.1) is 40.4 Å². The van der Waals surface area contributed by atoms with Gasteiger partial charge >= 0.3 is 0 Å². The smallest absolute Gasteiger partial charge is 0.159 e. The first-order chi connectivity index (χ1) is 16.6. The number of aromatic nitrogens is 3. The highest BCUT2D eigenvalue weighted by atomic mass is 16.5. The third kappa shape index (κ3) is 3.57. The van der Waals surface area contributed by atoms with Crippen LogP contribution in [0.3, 0.4) is 0 Å². The summed E-state index contributed by atoms with van der Waals surface area (Å²) in [4.78, 5) is 15.3. The van der Waals surface area contributed by atoms with Gasteiger partial charge in [-0.2, -0.15) is 9.90 Å². The third-order valence-electron chi connectivity index (χ3n) is 11.3. The minimum atomic E-state index is -0.486. The molecule has 6 nitrogen and oxygen atoms in total. The van der Waals surface area contributed by atoms with Crippen LogP contribution in [0.25, 0.3) is 11.0 Å². The van der Waals surface area contributed by atoms with Gasteiger partial charge in [-0.15, -0.1) is 5.10 Å². The highest BCUT2D eigenvalue weighted by Crippen LogP contribution is 2.68. The Kier molecular flexibility index (Phi) is 5.38. The molecular weight excluding hydrogens is 438 g/mol. The van der Waals surface area contributed by atoms with Crippen molar-refractivity contribution in [1.82, 2.24) is 15.0 Å². The lowest BCUT2D eigenvalue weighted by Gasteiger charge is -2.61. The average molecular weight is 480 g/mol.